The van der Waals surface area contributed by atoms with Crippen LogP contribution in [0.2, 0.25) is 0 Å². The molecule has 0 bridgehead atoms. The van der Waals surface area contributed by atoms with Crippen molar-refractivity contribution in [2.45, 2.75) is 12.8 Å². The molecule has 0 amide bonds. The minimum Gasteiger partial charge on any atom is -0.316 e. The number of likely N-dealkylation sites (tertiary alicyclic amines) is 1. The molecule has 1 N–H and O–H groups in total. The second-order valence-corrected chi connectivity index (χ2v) is 4.83. The molecule has 2 nitrogen and oxygen atoms in total. The van der Waals surface area contributed by atoms with Crippen molar-refractivity contribution in [2.24, 2.45) is 17.8 Å². The van der Waals surface area contributed by atoms with Gasteiger partial charge in [-0.15, -0.1) is 0 Å². The highest BCUT2D eigenvalue weighted by Crippen LogP contribution is 2.45. The average molecular weight is 166 g/mol. The summed E-state index contributed by atoms with van der Waals surface area (Å²) in [5, 5.41) is 3.44. The molecule has 1 saturated carbocycles. The van der Waals surface area contributed by atoms with Crippen LogP contribution >= 0.6 is 0 Å². The van der Waals surface area contributed by atoms with Gasteiger partial charge in [0, 0.05) is 19.6 Å². The zero-order valence-electron chi connectivity index (χ0n) is 7.63. The molecule has 3 aliphatic rings. The van der Waals surface area contributed by atoms with Gasteiger partial charge >= 0.3 is 0 Å². The standard InChI is InChI=1S/C10H18N2/c1-2-11-4-8(1)5-12-6-9-3-10(9)7-12/h8-11H,1-7H2. The molecule has 2 saturated heterocycles. The maximum Gasteiger partial charge on any atom is 0.00225 e. The molecule has 3 atom stereocenters. The van der Waals surface area contributed by atoms with Crippen LogP contribution in [0.4, 0.5) is 0 Å². The summed E-state index contributed by atoms with van der Waals surface area (Å²) in [4.78, 5) is 2.69. The molecule has 12 heavy (non-hydrogen) atoms. The second kappa shape index (κ2) is 2.71. The molecule has 68 valence electrons. The normalized spacial score (nSPS) is 46.5. The van der Waals surface area contributed by atoms with Crippen molar-refractivity contribution in [3.8, 4) is 0 Å². The van der Waals surface area contributed by atoms with Crippen LogP contribution in [-0.2, 0) is 0 Å². The van der Waals surface area contributed by atoms with Crippen molar-refractivity contribution in [1.29, 1.82) is 0 Å². The summed E-state index contributed by atoms with van der Waals surface area (Å²) in [6.45, 7) is 6.74. The maximum atomic E-state index is 3.44. The van der Waals surface area contributed by atoms with Crippen molar-refractivity contribution in [1.82, 2.24) is 10.2 Å². The lowest BCUT2D eigenvalue weighted by Gasteiger charge is -2.20. The molecule has 2 heterocycles. The molecule has 3 fully saturated rings. The van der Waals surface area contributed by atoms with Crippen molar-refractivity contribution < 1.29 is 0 Å². The fraction of sp³-hybridized carbons (Fsp3) is 1.00. The number of nitrogens with one attached hydrogen (secondary N) is 1. The van der Waals surface area contributed by atoms with E-state index in [9.17, 15) is 0 Å². The first kappa shape index (κ1) is 7.34. The zero-order valence-corrected chi connectivity index (χ0v) is 7.63. The molecule has 2 heteroatoms. The molecule has 3 rings (SSSR count). The first-order valence-electron chi connectivity index (χ1n) is 5.35. The molecule has 2 aliphatic heterocycles. The van der Waals surface area contributed by atoms with Crippen molar-refractivity contribution in [3.63, 3.8) is 0 Å². The van der Waals surface area contributed by atoms with Crippen LogP contribution in [0.25, 0.3) is 0 Å². The molecular formula is C10H18N2. The number of fused-ring (bicyclic) bond motifs is 1. The van der Waals surface area contributed by atoms with Crippen LogP contribution in [0.5, 0.6) is 0 Å². The van der Waals surface area contributed by atoms with Gasteiger partial charge in [0.1, 0.15) is 0 Å². The molecule has 0 radical (unpaired) electrons. The van der Waals surface area contributed by atoms with E-state index in [1.165, 1.54) is 39.1 Å². The van der Waals surface area contributed by atoms with Gasteiger partial charge in [0.2, 0.25) is 0 Å². The van der Waals surface area contributed by atoms with E-state index in [-0.39, 0.29) is 0 Å². The number of nitrogens with zero attached hydrogens (tertiary/aromatic N) is 1. The van der Waals surface area contributed by atoms with E-state index in [0.717, 1.165) is 17.8 Å². The number of rotatable bonds is 2. The third-order valence-corrected chi connectivity index (χ3v) is 3.73. The van der Waals surface area contributed by atoms with Crippen LogP contribution in [-0.4, -0.2) is 37.6 Å². The zero-order chi connectivity index (χ0) is 7.97. The van der Waals surface area contributed by atoms with Gasteiger partial charge in [0.15, 0.2) is 0 Å². The summed E-state index contributed by atoms with van der Waals surface area (Å²) in [7, 11) is 0. The number of hydrogen-bond donors (Lipinski definition) is 1. The van der Waals surface area contributed by atoms with Gasteiger partial charge in [-0.1, -0.05) is 0 Å². The molecule has 0 aromatic rings. The first-order chi connectivity index (χ1) is 5.92. The minimum absolute atomic E-state index is 0.961. The van der Waals surface area contributed by atoms with Crippen LogP contribution in [0, 0.1) is 17.8 Å². The SMILES string of the molecule is C1CC(CN2CC3CC3C2)CN1. The van der Waals surface area contributed by atoms with Gasteiger partial charge in [-0.3, -0.25) is 0 Å². The topological polar surface area (TPSA) is 15.3 Å². The lowest BCUT2D eigenvalue weighted by molar-refractivity contribution is 0.262. The summed E-state index contributed by atoms with van der Waals surface area (Å²) in [5.74, 6) is 3.18. The summed E-state index contributed by atoms with van der Waals surface area (Å²) < 4.78 is 0. The number of hydrogen-bond acceptors (Lipinski definition) is 2. The third kappa shape index (κ3) is 1.27. The summed E-state index contributed by atoms with van der Waals surface area (Å²) in [6.07, 6.45) is 2.95. The van der Waals surface area contributed by atoms with Gasteiger partial charge in [-0.05, 0) is 43.7 Å². The smallest absolute Gasteiger partial charge is 0.00225 e. The Balaban J connectivity index is 1.48. The van der Waals surface area contributed by atoms with Gasteiger partial charge < -0.3 is 10.2 Å². The summed E-state index contributed by atoms with van der Waals surface area (Å²) >= 11 is 0. The number of piperidine rings is 1. The highest BCUT2D eigenvalue weighted by molar-refractivity contribution is 4.97. The summed E-state index contributed by atoms with van der Waals surface area (Å²) in [6, 6.07) is 0. The van der Waals surface area contributed by atoms with E-state index in [1.54, 1.807) is 6.42 Å². The van der Waals surface area contributed by atoms with E-state index in [2.05, 4.69) is 10.2 Å². The maximum absolute atomic E-state index is 3.44. The largest absolute Gasteiger partial charge is 0.316 e. The van der Waals surface area contributed by atoms with E-state index in [0.29, 0.717) is 0 Å². The Labute approximate surface area is 74.3 Å². The van der Waals surface area contributed by atoms with Gasteiger partial charge in [0.05, 0.1) is 0 Å². The Hall–Kier alpha value is -0.0800. The van der Waals surface area contributed by atoms with E-state index in [4.69, 9.17) is 0 Å². The molecular weight excluding hydrogens is 148 g/mol. The lowest BCUT2D eigenvalue weighted by Crippen LogP contribution is -2.29. The van der Waals surface area contributed by atoms with E-state index < -0.39 is 0 Å². The fourth-order valence-corrected chi connectivity index (χ4v) is 2.88. The summed E-state index contributed by atoms with van der Waals surface area (Å²) in [5.41, 5.74) is 0. The highest BCUT2D eigenvalue weighted by Gasteiger charge is 2.45. The Kier molecular flexibility index (Phi) is 1.66. The van der Waals surface area contributed by atoms with E-state index in [1.807, 2.05) is 0 Å². The molecule has 0 aromatic carbocycles. The highest BCUT2D eigenvalue weighted by atomic mass is 15.2. The van der Waals surface area contributed by atoms with Crippen LogP contribution < -0.4 is 5.32 Å². The van der Waals surface area contributed by atoms with Gasteiger partial charge in [-0.25, -0.2) is 0 Å². The quantitative estimate of drug-likeness (QED) is 0.644. The van der Waals surface area contributed by atoms with Gasteiger partial charge in [0.25, 0.3) is 0 Å². The third-order valence-electron chi connectivity index (χ3n) is 3.73. The predicted molar refractivity (Wildman–Crippen MR) is 49.0 cm³/mol. The molecule has 1 aliphatic carbocycles. The first-order valence-corrected chi connectivity index (χ1v) is 5.35. The molecule has 0 aromatic heterocycles. The van der Waals surface area contributed by atoms with Crippen molar-refractivity contribution >= 4 is 0 Å². The predicted octanol–water partition coefficient (Wildman–Crippen LogP) is 0.548. The Morgan fingerprint density at radius 3 is 2.75 bits per heavy atom. The Morgan fingerprint density at radius 1 is 1.25 bits per heavy atom. The second-order valence-electron chi connectivity index (χ2n) is 4.83. The lowest BCUT2D eigenvalue weighted by atomic mass is 10.1. The van der Waals surface area contributed by atoms with Crippen molar-refractivity contribution in [3.05, 3.63) is 0 Å². The Bertz CT molecular complexity index is 165. The molecule has 3 unspecified atom stereocenters. The Morgan fingerprint density at radius 2 is 2.08 bits per heavy atom. The van der Waals surface area contributed by atoms with E-state index >= 15 is 0 Å². The fourth-order valence-electron chi connectivity index (χ4n) is 2.88. The van der Waals surface area contributed by atoms with Crippen LogP contribution in [0.15, 0.2) is 0 Å². The monoisotopic (exact) mass is 166 g/mol. The molecule has 0 spiro atoms. The van der Waals surface area contributed by atoms with Crippen LogP contribution in [0.1, 0.15) is 12.8 Å². The average Bonchev–Trinajstić information content (AvgIpc) is 2.55. The van der Waals surface area contributed by atoms with Crippen LogP contribution in [0.3, 0.4) is 0 Å². The van der Waals surface area contributed by atoms with Crippen molar-refractivity contribution in [2.75, 3.05) is 32.7 Å². The van der Waals surface area contributed by atoms with Gasteiger partial charge in [-0.2, -0.15) is 0 Å². The minimum atomic E-state index is 0.961.